The number of hydrogen-bond acceptors (Lipinski definition) is 4. The van der Waals surface area contributed by atoms with E-state index in [9.17, 15) is 4.79 Å². The molecule has 0 saturated carbocycles. The van der Waals surface area contributed by atoms with Crippen LogP contribution < -0.4 is 11.1 Å². The standard InChI is InChI=1S/C14H19N3O2S/c15-11-4-1-3-10-9-12(17-13(10)11)14(19)16-5-8-20-7-2-6-18/h1,3-4,9,17-18H,2,5-8,15H2,(H,16,19). The van der Waals surface area contributed by atoms with E-state index in [1.54, 1.807) is 23.9 Å². The van der Waals surface area contributed by atoms with Crippen molar-refractivity contribution in [2.45, 2.75) is 6.42 Å². The first kappa shape index (κ1) is 14.7. The maximum Gasteiger partial charge on any atom is 0.267 e. The molecule has 0 unspecified atom stereocenters. The number of nitrogens with two attached hydrogens (primary N) is 1. The lowest BCUT2D eigenvalue weighted by atomic mass is 10.2. The van der Waals surface area contributed by atoms with Gasteiger partial charge in [0.1, 0.15) is 5.69 Å². The van der Waals surface area contributed by atoms with Gasteiger partial charge in [-0.15, -0.1) is 0 Å². The molecule has 1 heterocycles. The summed E-state index contributed by atoms with van der Waals surface area (Å²) in [5.41, 5.74) is 7.82. The van der Waals surface area contributed by atoms with Crippen molar-refractivity contribution in [1.82, 2.24) is 10.3 Å². The highest BCUT2D eigenvalue weighted by atomic mass is 32.2. The van der Waals surface area contributed by atoms with Crippen LogP contribution in [0.15, 0.2) is 24.3 Å². The van der Waals surface area contributed by atoms with E-state index in [2.05, 4.69) is 10.3 Å². The number of aromatic amines is 1. The monoisotopic (exact) mass is 293 g/mol. The van der Waals surface area contributed by atoms with E-state index in [4.69, 9.17) is 10.8 Å². The average molecular weight is 293 g/mol. The van der Waals surface area contributed by atoms with Crippen LogP contribution in [0.5, 0.6) is 0 Å². The van der Waals surface area contributed by atoms with Crippen LogP contribution in [0.2, 0.25) is 0 Å². The summed E-state index contributed by atoms with van der Waals surface area (Å²) < 4.78 is 0. The number of thioether (sulfide) groups is 1. The number of H-pyrrole nitrogens is 1. The minimum Gasteiger partial charge on any atom is -0.397 e. The highest BCUT2D eigenvalue weighted by Crippen LogP contribution is 2.20. The number of carbonyl (C=O) groups excluding carboxylic acids is 1. The third kappa shape index (κ3) is 3.68. The zero-order valence-corrected chi connectivity index (χ0v) is 12.0. The van der Waals surface area contributed by atoms with Crippen molar-refractivity contribution < 1.29 is 9.90 Å². The van der Waals surface area contributed by atoms with E-state index in [0.717, 1.165) is 28.8 Å². The number of aromatic nitrogens is 1. The number of nitrogen functional groups attached to an aromatic ring is 1. The van der Waals surface area contributed by atoms with Crippen LogP contribution in [0.1, 0.15) is 16.9 Å². The van der Waals surface area contributed by atoms with Gasteiger partial charge in [-0.05, 0) is 24.3 Å². The summed E-state index contributed by atoms with van der Waals surface area (Å²) in [7, 11) is 0. The van der Waals surface area contributed by atoms with Crippen molar-refractivity contribution >= 4 is 34.3 Å². The third-order valence-corrected chi connectivity index (χ3v) is 3.98. The van der Waals surface area contributed by atoms with E-state index in [1.165, 1.54) is 0 Å². The predicted octanol–water partition coefficient (Wildman–Crippen LogP) is 1.60. The molecule has 2 aromatic rings. The van der Waals surface area contributed by atoms with Crippen molar-refractivity contribution in [1.29, 1.82) is 0 Å². The largest absolute Gasteiger partial charge is 0.397 e. The zero-order valence-electron chi connectivity index (χ0n) is 11.2. The maximum atomic E-state index is 12.0. The number of benzene rings is 1. The zero-order chi connectivity index (χ0) is 14.4. The van der Waals surface area contributed by atoms with E-state index >= 15 is 0 Å². The summed E-state index contributed by atoms with van der Waals surface area (Å²) in [4.78, 5) is 15.0. The number of amides is 1. The van der Waals surface area contributed by atoms with Gasteiger partial charge in [0.15, 0.2) is 0 Å². The van der Waals surface area contributed by atoms with Crippen LogP contribution in [0.4, 0.5) is 5.69 Å². The van der Waals surface area contributed by atoms with Gasteiger partial charge in [0, 0.05) is 24.3 Å². The minimum atomic E-state index is -0.122. The smallest absolute Gasteiger partial charge is 0.267 e. The van der Waals surface area contributed by atoms with Gasteiger partial charge in [0.2, 0.25) is 0 Å². The first-order chi connectivity index (χ1) is 9.72. The Hall–Kier alpha value is -1.66. The van der Waals surface area contributed by atoms with E-state index in [0.29, 0.717) is 17.9 Å². The number of aliphatic hydroxyl groups excluding tert-OH is 1. The van der Waals surface area contributed by atoms with Crippen molar-refractivity contribution in [3.05, 3.63) is 30.0 Å². The summed E-state index contributed by atoms with van der Waals surface area (Å²) in [6, 6.07) is 7.40. The molecule has 6 heteroatoms. The van der Waals surface area contributed by atoms with Gasteiger partial charge in [-0.25, -0.2) is 0 Å². The molecule has 0 aliphatic carbocycles. The first-order valence-corrected chi connectivity index (χ1v) is 7.72. The predicted molar refractivity (Wildman–Crippen MR) is 84.1 cm³/mol. The fourth-order valence-corrected chi connectivity index (χ4v) is 2.69. The minimum absolute atomic E-state index is 0.122. The SMILES string of the molecule is Nc1cccc2cc(C(=O)NCCSCCCO)[nH]c12. The van der Waals surface area contributed by atoms with Gasteiger partial charge >= 0.3 is 0 Å². The number of anilines is 1. The lowest BCUT2D eigenvalue weighted by molar-refractivity contribution is 0.0952. The summed E-state index contributed by atoms with van der Waals surface area (Å²) in [6.07, 6.45) is 0.792. The van der Waals surface area contributed by atoms with Gasteiger partial charge in [0.25, 0.3) is 5.91 Å². The highest BCUT2D eigenvalue weighted by molar-refractivity contribution is 7.99. The Morgan fingerprint density at radius 1 is 1.40 bits per heavy atom. The summed E-state index contributed by atoms with van der Waals surface area (Å²) in [6.45, 7) is 0.829. The van der Waals surface area contributed by atoms with Crippen LogP contribution in [0.3, 0.4) is 0 Å². The Bertz CT molecular complexity index is 583. The molecule has 0 radical (unpaired) electrons. The van der Waals surface area contributed by atoms with Crippen LogP contribution in [0, 0.1) is 0 Å². The van der Waals surface area contributed by atoms with Crippen LogP contribution >= 0.6 is 11.8 Å². The number of carbonyl (C=O) groups is 1. The fraction of sp³-hybridized carbons (Fsp3) is 0.357. The van der Waals surface area contributed by atoms with E-state index in [1.807, 2.05) is 12.1 Å². The summed E-state index contributed by atoms with van der Waals surface area (Å²) in [5.74, 6) is 1.63. The van der Waals surface area contributed by atoms with Gasteiger partial charge < -0.3 is 21.1 Å². The quantitative estimate of drug-likeness (QED) is 0.461. The molecule has 0 aliphatic heterocycles. The molecule has 5 nitrogen and oxygen atoms in total. The Kier molecular flexibility index (Phi) is 5.31. The molecular weight excluding hydrogens is 274 g/mol. The normalized spacial score (nSPS) is 10.8. The van der Waals surface area contributed by atoms with Gasteiger partial charge in [0.05, 0.1) is 11.2 Å². The Morgan fingerprint density at radius 3 is 3.00 bits per heavy atom. The lowest BCUT2D eigenvalue weighted by Crippen LogP contribution is -2.26. The molecule has 1 aromatic carbocycles. The van der Waals surface area contributed by atoms with Crippen LogP contribution in [-0.4, -0.2) is 40.7 Å². The second kappa shape index (κ2) is 7.21. The molecule has 0 aliphatic rings. The number of nitrogens with one attached hydrogen (secondary N) is 2. The lowest BCUT2D eigenvalue weighted by Gasteiger charge is -2.03. The number of rotatable bonds is 7. The van der Waals surface area contributed by atoms with Crippen molar-refractivity contribution in [2.24, 2.45) is 0 Å². The first-order valence-electron chi connectivity index (χ1n) is 6.56. The second-order valence-corrected chi connectivity index (χ2v) is 5.66. The highest BCUT2D eigenvalue weighted by Gasteiger charge is 2.09. The molecule has 0 fully saturated rings. The molecule has 2 rings (SSSR count). The number of aliphatic hydroxyl groups is 1. The topological polar surface area (TPSA) is 91.1 Å². The Morgan fingerprint density at radius 2 is 2.25 bits per heavy atom. The molecule has 108 valence electrons. The molecule has 1 aromatic heterocycles. The van der Waals surface area contributed by atoms with Gasteiger partial charge in [-0.1, -0.05) is 12.1 Å². The molecule has 20 heavy (non-hydrogen) atoms. The fourth-order valence-electron chi connectivity index (χ4n) is 1.90. The van der Waals surface area contributed by atoms with Crippen LogP contribution in [-0.2, 0) is 0 Å². The second-order valence-electron chi connectivity index (χ2n) is 4.44. The molecule has 0 bridgehead atoms. The molecule has 0 saturated heterocycles. The number of fused-ring (bicyclic) bond motifs is 1. The van der Waals surface area contributed by atoms with E-state index < -0.39 is 0 Å². The summed E-state index contributed by atoms with van der Waals surface area (Å²) in [5, 5.41) is 12.5. The molecule has 0 spiro atoms. The third-order valence-electron chi connectivity index (χ3n) is 2.91. The summed E-state index contributed by atoms with van der Waals surface area (Å²) >= 11 is 1.72. The molecule has 1 amide bonds. The van der Waals surface area contributed by atoms with E-state index in [-0.39, 0.29) is 12.5 Å². The maximum absolute atomic E-state index is 12.0. The Labute approximate surface area is 121 Å². The Balaban J connectivity index is 1.86. The molecule has 0 atom stereocenters. The molecule has 5 N–H and O–H groups in total. The van der Waals surface area contributed by atoms with Crippen molar-refractivity contribution in [2.75, 3.05) is 30.4 Å². The number of hydrogen-bond donors (Lipinski definition) is 4. The number of para-hydroxylation sites is 1. The van der Waals surface area contributed by atoms with Crippen molar-refractivity contribution in [3.8, 4) is 0 Å². The van der Waals surface area contributed by atoms with Gasteiger partial charge in [-0.2, -0.15) is 11.8 Å². The average Bonchev–Trinajstić information content (AvgIpc) is 2.88. The van der Waals surface area contributed by atoms with Crippen LogP contribution in [0.25, 0.3) is 10.9 Å². The van der Waals surface area contributed by atoms with Gasteiger partial charge in [-0.3, -0.25) is 4.79 Å². The van der Waals surface area contributed by atoms with Crippen molar-refractivity contribution in [3.63, 3.8) is 0 Å². The molecular formula is C14H19N3O2S.